The number of carbonyl (C=O) groups excluding carboxylic acids is 2. The molecule has 1 aromatic heterocycles. The van der Waals surface area contributed by atoms with Crippen LogP contribution in [0, 0.1) is 0 Å². The molecule has 10 heteroatoms. The number of hydrogen-bond donors (Lipinski definition) is 2. The first-order valence-corrected chi connectivity index (χ1v) is 15.6. The summed E-state index contributed by atoms with van der Waals surface area (Å²) in [6.07, 6.45) is 0.709. The zero-order valence-electron chi connectivity index (χ0n) is 23.0. The van der Waals surface area contributed by atoms with Crippen LogP contribution in [-0.4, -0.2) is 50.1 Å². The maximum absolute atomic E-state index is 13.2. The molecule has 2 heterocycles. The van der Waals surface area contributed by atoms with Crippen molar-refractivity contribution in [2.75, 3.05) is 26.0 Å². The fourth-order valence-corrected chi connectivity index (χ4v) is 7.39. The summed E-state index contributed by atoms with van der Waals surface area (Å²) in [4.78, 5) is 29.6. The van der Waals surface area contributed by atoms with Crippen molar-refractivity contribution in [3.8, 4) is 0 Å². The van der Waals surface area contributed by atoms with E-state index in [0.29, 0.717) is 29.1 Å². The van der Waals surface area contributed by atoms with E-state index in [9.17, 15) is 18.0 Å². The van der Waals surface area contributed by atoms with Crippen molar-refractivity contribution in [2.24, 2.45) is 0 Å². The average Bonchev–Trinajstić information content (AvgIpc) is 3.34. The third kappa shape index (κ3) is 6.41. The molecule has 0 unspecified atom stereocenters. The molecule has 212 valence electrons. The van der Waals surface area contributed by atoms with E-state index in [1.807, 2.05) is 48.5 Å². The van der Waals surface area contributed by atoms with Crippen LogP contribution in [0.5, 0.6) is 0 Å². The molecular formula is C31H32N4O4S2. The third-order valence-corrected chi connectivity index (χ3v) is 10.1. The highest BCUT2D eigenvalue weighted by molar-refractivity contribution is 7.89. The molecule has 0 aliphatic carbocycles. The van der Waals surface area contributed by atoms with Crippen molar-refractivity contribution in [2.45, 2.75) is 31.0 Å². The second-order valence-corrected chi connectivity index (χ2v) is 13.1. The maximum atomic E-state index is 13.2. The lowest BCUT2D eigenvalue weighted by molar-refractivity contribution is 0.0962. The van der Waals surface area contributed by atoms with Gasteiger partial charge in [0.25, 0.3) is 11.8 Å². The van der Waals surface area contributed by atoms with Gasteiger partial charge in [0.1, 0.15) is 5.00 Å². The van der Waals surface area contributed by atoms with Crippen molar-refractivity contribution < 1.29 is 18.0 Å². The smallest absolute Gasteiger partial charge is 0.256 e. The summed E-state index contributed by atoms with van der Waals surface area (Å²) in [6, 6.07) is 25.5. The molecule has 41 heavy (non-hydrogen) atoms. The fraction of sp³-hybridized carbons (Fsp3) is 0.226. The van der Waals surface area contributed by atoms with Gasteiger partial charge < -0.3 is 10.6 Å². The van der Waals surface area contributed by atoms with Crippen LogP contribution < -0.4 is 10.6 Å². The number of sulfonamides is 1. The Morgan fingerprint density at radius 2 is 1.54 bits per heavy atom. The second kappa shape index (κ2) is 12.4. The Morgan fingerprint density at radius 1 is 0.902 bits per heavy atom. The van der Waals surface area contributed by atoms with E-state index >= 15 is 0 Å². The quantitative estimate of drug-likeness (QED) is 0.294. The second-order valence-electron chi connectivity index (χ2n) is 9.96. The monoisotopic (exact) mass is 588 g/mol. The van der Waals surface area contributed by atoms with Gasteiger partial charge in [0.15, 0.2) is 0 Å². The summed E-state index contributed by atoms with van der Waals surface area (Å²) in [6.45, 7) is 2.55. The predicted octanol–water partition coefficient (Wildman–Crippen LogP) is 4.74. The first kappa shape index (κ1) is 28.7. The molecule has 0 saturated carbocycles. The van der Waals surface area contributed by atoms with Crippen molar-refractivity contribution in [1.82, 2.24) is 14.5 Å². The zero-order chi connectivity index (χ0) is 29.0. The molecular weight excluding hydrogens is 556 g/mol. The summed E-state index contributed by atoms with van der Waals surface area (Å²) in [5.41, 5.74) is 3.88. The van der Waals surface area contributed by atoms with Gasteiger partial charge in [0.2, 0.25) is 10.0 Å². The van der Waals surface area contributed by atoms with Gasteiger partial charge in [0, 0.05) is 50.7 Å². The highest BCUT2D eigenvalue weighted by Crippen LogP contribution is 2.38. The molecule has 4 aromatic rings. The third-order valence-electron chi connectivity index (χ3n) is 7.14. The fourth-order valence-electron chi connectivity index (χ4n) is 4.95. The minimum absolute atomic E-state index is 0.101. The Kier molecular flexibility index (Phi) is 8.65. The highest BCUT2D eigenvalue weighted by Gasteiger charge is 2.29. The van der Waals surface area contributed by atoms with Crippen LogP contribution in [0.3, 0.4) is 0 Å². The lowest BCUT2D eigenvalue weighted by Gasteiger charge is -2.27. The standard InChI is InChI=1S/C31H32N4O4S2/c1-32-30(37)28-26-17-18-35(20-23-11-7-4-8-12-23)21-27(26)40-31(28)33-29(36)24-13-15-25(16-14-24)41(38,39)34(2)19-22-9-5-3-6-10-22/h3-16H,17-21H2,1-2H3,(H,32,37)(H,33,36). The van der Waals surface area contributed by atoms with E-state index in [2.05, 4.69) is 27.7 Å². The van der Waals surface area contributed by atoms with Gasteiger partial charge in [0.05, 0.1) is 10.5 Å². The van der Waals surface area contributed by atoms with Crippen LogP contribution >= 0.6 is 11.3 Å². The predicted molar refractivity (Wildman–Crippen MR) is 161 cm³/mol. The number of carbonyl (C=O) groups is 2. The lowest BCUT2D eigenvalue weighted by Crippen LogP contribution is -2.30. The molecule has 0 spiro atoms. The van der Waals surface area contributed by atoms with Gasteiger partial charge in [-0.3, -0.25) is 14.5 Å². The minimum atomic E-state index is -3.74. The number of hydrogen-bond acceptors (Lipinski definition) is 6. The van der Waals surface area contributed by atoms with E-state index in [4.69, 9.17) is 0 Å². The molecule has 0 fully saturated rings. The van der Waals surface area contributed by atoms with Gasteiger partial charge in [-0.15, -0.1) is 11.3 Å². The highest BCUT2D eigenvalue weighted by atomic mass is 32.2. The molecule has 0 atom stereocenters. The number of amides is 2. The number of benzene rings is 3. The number of nitrogens with one attached hydrogen (secondary N) is 2. The summed E-state index contributed by atoms with van der Waals surface area (Å²) in [5, 5.41) is 6.12. The van der Waals surface area contributed by atoms with E-state index in [0.717, 1.165) is 29.1 Å². The minimum Gasteiger partial charge on any atom is -0.355 e. The first-order valence-electron chi connectivity index (χ1n) is 13.3. The Balaban J connectivity index is 1.31. The summed E-state index contributed by atoms with van der Waals surface area (Å²) in [5.74, 6) is -0.645. The van der Waals surface area contributed by atoms with Gasteiger partial charge in [-0.1, -0.05) is 60.7 Å². The van der Waals surface area contributed by atoms with Crippen LogP contribution in [0.25, 0.3) is 0 Å². The molecule has 2 amide bonds. The molecule has 0 saturated heterocycles. The molecule has 2 N–H and O–H groups in total. The van der Waals surface area contributed by atoms with E-state index < -0.39 is 15.9 Å². The molecule has 0 bridgehead atoms. The Hall–Kier alpha value is -3.83. The number of fused-ring (bicyclic) bond motifs is 1. The number of anilines is 1. The van der Waals surface area contributed by atoms with Crippen LogP contribution in [0.4, 0.5) is 5.00 Å². The Morgan fingerprint density at radius 3 is 2.17 bits per heavy atom. The average molecular weight is 589 g/mol. The molecule has 5 rings (SSSR count). The Bertz CT molecular complexity index is 1640. The summed E-state index contributed by atoms with van der Waals surface area (Å²) in [7, 11) is -0.633. The Labute approximate surface area is 244 Å². The first-order chi connectivity index (χ1) is 19.8. The van der Waals surface area contributed by atoms with Gasteiger partial charge in [-0.05, 0) is 47.4 Å². The van der Waals surface area contributed by atoms with Crippen molar-refractivity contribution in [1.29, 1.82) is 0 Å². The maximum Gasteiger partial charge on any atom is 0.256 e. The topological polar surface area (TPSA) is 98.8 Å². The van der Waals surface area contributed by atoms with Crippen molar-refractivity contribution in [3.63, 3.8) is 0 Å². The number of thiophene rings is 1. The molecule has 3 aromatic carbocycles. The molecule has 8 nitrogen and oxygen atoms in total. The van der Waals surface area contributed by atoms with E-state index in [1.165, 1.54) is 52.5 Å². The van der Waals surface area contributed by atoms with Crippen LogP contribution in [0.15, 0.2) is 89.8 Å². The van der Waals surface area contributed by atoms with Crippen LogP contribution in [0.2, 0.25) is 0 Å². The van der Waals surface area contributed by atoms with Crippen molar-refractivity contribution in [3.05, 3.63) is 118 Å². The largest absolute Gasteiger partial charge is 0.355 e. The van der Waals surface area contributed by atoms with E-state index in [-0.39, 0.29) is 17.3 Å². The van der Waals surface area contributed by atoms with E-state index in [1.54, 1.807) is 7.05 Å². The molecule has 1 aliphatic rings. The van der Waals surface area contributed by atoms with Gasteiger partial charge in [-0.25, -0.2) is 8.42 Å². The summed E-state index contributed by atoms with van der Waals surface area (Å²) >= 11 is 1.42. The number of nitrogens with zero attached hydrogens (tertiary/aromatic N) is 2. The molecule has 0 radical (unpaired) electrons. The zero-order valence-corrected chi connectivity index (χ0v) is 24.6. The lowest BCUT2D eigenvalue weighted by atomic mass is 10.0. The SMILES string of the molecule is CNC(=O)c1c(NC(=O)c2ccc(S(=O)(=O)N(C)Cc3ccccc3)cc2)sc2c1CCN(Cc1ccccc1)C2. The summed E-state index contributed by atoms with van der Waals surface area (Å²) < 4.78 is 27.5. The number of rotatable bonds is 9. The normalized spacial score (nSPS) is 13.5. The van der Waals surface area contributed by atoms with Gasteiger partial charge >= 0.3 is 0 Å². The van der Waals surface area contributed by atoms with Crippen LogP contribution in [0.1, 0.15) is 42.3 Å². The van der Waals surface area contributed by atoms with Crippen LogP contribution in [-0.2, 0) is 36.1 Å². The van der Waals surface area contributed by atoms with Gasteiger partial charge in [-0.2, -0.15) is 4.31 Å². The van der Waals surface area contributed by atoms with Crippen molar-refractivity contribution >= 4 is 38.2 Å². The molecule has 1 aliphatic heterocycles.